The Bertz CT molecular complexity index is 875. The lowest BCUT2D eigenvalue weighted by molar-refractivity contribution is 0.0972. The number of nitrogens with zero attached hydrogens (tertiary/aromatic N) is 2. The van der Waals surface area contributed by atoms with Crippen molar-refractivity contribution < 1.29 is 4.79 Å². The average molecular weight is 390 g/mol. The second-order valence-electron chi connectivity index (χ2n) is 5.51. The molecule has 1 heterocycles. The largest absolute Gasteiger partial charge is 0.330 e. The molecule has 1 aliphatic carbocycles. The number of fused-ring (bicyclic) bond motifs is 3. The van der Waals surface area contributed by atoms with Gasteiger partial charge in [-0.3, -0.25) is 4.79 Å². The molecule has 0 bridgehead atoms. The van der Waals surface area contributed by atoms with Crippen molar-refractivity contribution in [3.63, 3.8) is 0 Å². The second-order valence-corrected chi connectivity index (χ2v) is 6.42. The fraction of sp³-hybridized carbons (Fsp3) is 0.111. The lowest BCUT2D eigenvalue weighted by Crippen LogP contribution is -2.09. The molecule has 0 saturated heterocycles. The molecule has 2 aromatic carbocycles. The third-order valence-corrected chi connectivity index (χ3v) is 4.54. The van der Waals surface area contributed by atoms with Gasteiger partial charge in [0.2, 0.25) is 0 Å². The van der Waals surface area contributed by atoms with E-state index in [9.17, 15) is 4.79 Å². The van der Waals surface area contributed by atoms with Crippen LogP contribution in [0.4, 0.5) is 0 Å². The van der Waals surface area contributed by atoms with Gasteiger partial charge in [-0.1, -0.05) is 34.1 Å². The highest BCUT2D eigenvalue weighted by atomic mass is 79.9. The second kappa shape index (κ2) is 6.30. The molecule has 0 atom stereocenters. The van der Waals surface area contributed by atoms with E-state index in [0.29, 0.717) is 6.54 Å². The van der Waals surface area contributed by atoms with E-state index in [1.807, 2.05) is 12.1 Å². The van der Waals surface area contributed by atoms with Gasteiger partial charge in [0.05, 0.1) is 12.9 Å². The maximum Gasteiger partial charge on any atom is 0.182 e. The summed E-state index contributed by atoms with van der Waals surface area (Å²) in [4.78, 5) is 16.4. The fourth-order valence-electron chi connectivity index (χ4n) is 2.99. The summed E-state index contributed by atoms with van der Waals surface area (Å²) in [5, 5.41) is 0. The number of hydrogen-bond acceptors (Lipinski definition) is 2. The molecule has 0 N–H and O–H groups in total. The summed E-state index contributed by atoms with van der Waals surface area (Å²) in [6.45, 7) is 0.331. The number of hydrogen-bond donors (Lipinski definition) is 0. The Labute approximate surface area is 148 Å². The predicted molar refractivity (Wildman–Crippen MR) is 96.2 cm³/mol. The number of benzene rings is 2. The summed E-state index contributed by atoms with van der Waals surface area (Å²) in [6.07, 6.45) is 6.04. The minimum atomic E-state index is 0. The van der Waals surface area contributed by atoms with E-state index in [4.69, 9.17) is 0 Å². The highest BCUT2D eigenvalue weighted by molar-refractivity contribution is 9.10. The van der Waals surface area contributed by atoms with Gasteiger partial charge < -0.3 is 4.57 Å². The molecule has 0 unspecified atom stereocenters. The zero-order valence-electron chi connectivity index (χ0n) is 12.2. The minimum absolute atomic E-state index is 0. The molecule has 3 nitrogen and oxygen atoms in total. The molecule has 4 rings (SSSR count). The van der Waals surface area contributed by atoms with Gasteiger partial charge in [0.15, 0.2) is 5.78 Å². The van der Waals surface area contributed by atoms with Gasteiger partial charge in [-0.2, -0.15) is 0 Å². The van der Waals surface area contributed by atoms with E-state index in [0.717, 1.165) is 16.5 Å². The first-order valence-electron chi connectivity index (χ1n) is 7.11. The van der Waals surface area contributed by atoms with Crippen LogP contribution in [0.5, 0.6) is 0 Å². The molecule has 23 heavy (non-hydrogen) atoms. The zero-order valence-corrected chi connectivity index (χ0v) is 14.6. The van der Waals surface area contributed by atoms with Crippen LogP contribution in [-0.4, -0.2) is 15.3 Å². The van der Waals surface area contributed by atoms with E-state index in [1.54, 1.807) is 23.3 Å². The monoisotopic (exact) mass is 388 g/mol. The highest BCUT2D eigenvalue weighted by Crippen LogP contribution is 2.38. The van der Waals surface area contributed by atoms with E-state index < -0.39 is 0 Å². The van der Waals surface area contributed by atoms with E-state index in [1.165, 1.54) is 22.3 Å². The molecule has 0 spiro atoms. The first kappa shape index (κ1) is 16.0. The average Bonchev–Trinajstić information content (AvgIpc) is 3.12. The first-order chi connectivity index (χ1) is 10.7. The third-order valence-electron chi connectivity index (χ3n) is 4.05. The summed E-state index contributed by atoms with van der Waals surface area (Å²) in [7, 11) is 0. The molecule has 0 saturated carbocycles. The van der Waals surface area contributed by atoms with Gasteiger partial charge in [-0.15, -0.1) is 12.4 Å². The third kappa shape index (κ3) is 2.96. The Morgan fingerprint density at radius 1 is 1.13 bits per heavy atom. The number of Topliss-reactive ketones (excluding diaryl/α,β-unsaturated/α-hetero) is 1. The highest BCUT2D eigenvalue weighted by Gasteiger charge is 2.20. The molecule has 116 valence electrons. The molecular formula is C18H14BrClN2O. The molecule has 0 fully saturated rings. The molecule has 1 aliphatic rings. The lowest BCUT2D eigenvalue weighted by Gasteiger charge is -2.05. The number of halogens is 2. The Morgan fingerprint density at radius 3 is 2.61 bits per heavy atom. The number of aromatic nitrogens is 2. The van der Waals surface area contributed by atoms with E-state index in [-0.39, 0.29) is 18.2 Å². The van der Waals surface area contributed by atoms with Gasteiger partial charge >= 0.3 is 0 Å². The van der Waals surface area contributed by atoms with Crippen LogP contribution in [0.1, 0.15) is 21.5 Å². The van der Waals surface area contributed by atoms with Crippen LogP contribution < -0.4 is 0 Å². The maximum absolute atomic E-state index is 12.4. The molecule has 1 aromatic heterocycles. The van der Waals surface area contributed by atoms with Crippen LogP contribution in [0.15, 0.2) is 59.6 Å². The van der Waals surface area contributed by atoms with Crippen molar-refractivity contribution in [3.8, 4) is 11.1 Å². The molecule has 5 heteroatoms. The molecule has 3 aromatic rings. The van der Waals surface area contributed by atoms with Gasteiger partial charge in [-0.05, 0) is 46.9 Å². The summed E-state index contributed by atoms with van der Waals surface area (Å²) >= 11 is 3.52. The van der Waals surface area contributed by atoms with Gasteiger partial charge in [-0.25, -0.2) is 4.98 Å². The normalized spacial score (nSPS) is 11.5. The van der Waals surface area contributed by atoms with Crippen LogP contribution in [0.25, 0.3) is 11.1 Å². The van der Waals surface area contributed by atoms with Crippen LogP contribution in [-0.2, 0) is 13.0 Å². The topological polar surface area (TPSA) is 34.9 Å². The van der Waals surface area contributed by atoms with Crippen molar-refractivity contribution >= 4 is 34.1 Å². The number of imidazole rings is 1. The van der Waals surface area contributed by atoms with Crippen molar-refractivity contribution in [2.75, 3.05) is 0 Å². The summed E-state index contributed by atoms with van der Waals surface area (Å²) in [5.74, 6) is 0.109. The van der Waals surface area contributed by atoms with Crippen molar-refractivity contribution in [3.05, 3.63) is 76.3 Å². The number of ketones is 1. The summed E-state index contributed by atoms with van der Waals surface area (Å²) < 4.78 is 2.89. The van der Waals surface area contributed by atoms with Gasteiger partial charge in [0.25, 0.3) is 0 Å². The van der Waals surface area contributed by atoms with Crippen molar-refractivity contribution in [1.82, 2.24) is 9.55 Å². The lowest BCUT2D eigenvalue weighted by atomic mass is 10.0. The SMILES string of the molecule is Cl.O=C(Cn1ccnc1)c1ccc2c(c1)Cc1cc(Br)ccc1-2. The van der Waals surface area contributed by atoms with Gasteiger partial charge in [0, 0.05) is 22.4 Å². The molecule has 0 radical (unpaired) electrons. The number of carbonyl (C=O) groups excluding carboxylic acids is 1. The fourth-order valence-corrected chi connectivity index (χ4v) is 3.40. The van der Waals surface area contributed by atoms with E-state index in [2.05, 4.69) is 45.2 Å². The Balaban J connectivity index is 0.00000156. The Morgan fingerprint density at radius 2 is 1.87 bits per heavy atom. The first-order valence-corrected chi connectivity index (χ1v) is 7.91. The number of rotatable bonds is 3. The Hall–Kier alpha value is -1.91. The predicted octanol–water partition coefficient (Wildman–Crippen LogP) is 4.52. The smallest absolute Gasteiger partial charge is 0.182 e. The Kier molecular flexibility index (Phi) is 4.37. The van der Waals surface area contributed by atoms with Crippen LogP contribution in [0, 0.1) is 0 Å². The van der Waals surface area contributed by atoms with Crippen LogP contribution in [0.2, 0.25) is 0 Å². The van der Waals surface area contributed by atoms with Crippen LogP contribution in [0.3, 0.4) is 0 Å². The summed E-state index contributed by atoms with van der Waals surface area (Å²) in [5.41, 5.74) is 5.81. The quantitative estimate of drug-likeness (QED) is 0.483. The van der Waals surface area contributed by atoms with Crippen molar-refractivity contribution in [2.45, 2.75) is 13.0 Å². The maximum atomic E-state index is 12.4. The molecule has 0 amide bonds. The minimum Gasteiger partial charge on any atom is -0.330 e. The summed E-state index contributed by atoms with van der Waals surface area (Å²) in [6, 6.07) is 12.4. The van der Waals surface area contributed by atoms with Crippen LogP contribution >= 0.6 is 28.3 Å². The van der Waals surface area contributed by atoms with E-state index >= 15 is 0 Å². The van der Waals surface area contributed by atoms with Gasteiger partial charge in [0.1, 0.15) is 0 Å². The number of carbonyl (C=O) groups is 1. The van der Waals surface area contributed by atoms with Crippen molar-refractivity contribution in [1.29, 1.82) is 0 Å². The molecular weight excluding hydrogens is 376 g/mol. The molecule has 0 aliphatic heterocycles. The van der Waals surface area contributed by atoms with Crippen molar-refractivity contribution in [2.24, 2.45) is 0 Å². The standard InChI is InChI=1S/C18H13BrN2O.ClH/c19-15-2-4-17-14(9-15)8-13-7-12(1-3-16(13)17)18(22)10-21-6-5-20-11-21;/h1-7,9,11H,8,10H2;1H. The zero-order chi connectivity index (χ0) is 15.1.